The molecule has 6 nitrogen and oxygen atoms in total. The monoisotopic (exact) mass is 526 g/mol. The summed E-state index contributed by atoms with van der Waals surface area (Å²) in [6.45, 7) is 10.00. The number of carbonyl (C=O) groups is 2. The summed E-state index contributed by atoms with van der Waals surface area (Å²) in [5.74, 6) is -0.296. The molecule has 1 saturated carbocycles. The Kier molecular flexibility index (Phi) is 9.88. The average Bonchev–Trinajstić information content (AvgIpc) is 3.34. The first-order valence-electron chi connectivity index (χ1n) is 14.2. The van der Waals surface area contributed by atoms with Gasteiger partial charge in [0.2, 0.25) is 11.8 Å². The van der Waals surface area contributed by atoms with E-state index in [4.69, 9.17) is 0 Å². The fourth-order valence-corrected chi connectivity index (χ4v) is 5.75. The summed E-state index contributed by atoms with van der Waals surface area (Å²) in [6.07, 6.45) is 14.5. The smallest absolute Gasteiger partial charge is 0.248 e. The van der Waals surface area contributed by atoms with Gasteiger partial charge in [0.1, 0.15) is 6.04 Å². The van der Waals surface area contributed by atoms with E-state index in [0.717, 1.165) is 60.9 Å². The number of aryl methyl sites for hydroxylation is 1. The van der Waals surface area contributed by atoms with Crippen LogP contribution >= 0.6 is 0 Å². The Morgan fingerprint density at radius 3 is 2.56 bits per heavy atom. The molecule has 2 aromatic rings. The van der Waals surface area contributed by atoms with Crippen LogP contribution in [-0.4, -0.2) is 40.3 Å². The Labute approximate surface area is 233 Å². The van der Waals surface area contributed by atoms with E-state index in [2.05, 4.69) is 28.3 Å². The van der Waals surface area contributed by atoms with Crippen molar-refractivity contribution in [3.05, 3.63) is 101 Å². The predicted octanol–water partition coefficient (Wildman–Crippen LogP) is 5.50. The normalized spacial score (nSPS) is 18.5. The molecule has 0 saturated heterocycles. The molecule has 2 N–H and O–H groups in total. The second-order valence-corrected chi connectivity index (χ2v) is 10.9. The zero-order valence-corrected chi connectivity index (χ0v) is 23.6. The standard InChI is InChI=1S/C33H42N4O2/c1-5-12-28(19-23(2)3)37(31(38)22-35-27-20-25-14-11-18-34-30(25)21-27)32(29-17-10-9-13-24(29)4)33(39)36-26-15-7-6-8-16-26/h5,9-14,17-19,26-27,32,35H,2,6-8,15-16,20-22H2,1,3-4H3,(H,36,39). The van der Waals surface area contributed by atoms with E-state index < -0.39 is 6.04 Å². The van der Waals surface area contributed by atoms with Crippen molar-refractivity contribution in [2.24, 2.45) is 0 Å². The van der Waals surface area contributed by atoms with Crippen molar-refractivity contribution >= 4 is 11.8 Å². The first-order valence-corrected chi connectivity index (χ1v) is 14.2. The fraction of sp³-hybridized carbons (Fsp3) is 0.424. The van der Waals surface area contributed by atoms with E-state index in [-0.39, 0.29) is 30.4 Å². The second kappa shape index (κ2) is 13.5. The minimum Gasteiger partial charge on any atom is -0.351 e. The molecule has 39 heavy (non-hydrogen) atoms. The van der Waals surface area contributed by atoms with E-state index in [1.54, 1.807) is 4.90 Å². The van der Waals surface area contributed by atoms with Crippen molar-refractivity contribution < 1.29 is 9.59 Å². The summed E-state index contributed by atoms with van der Waals surface area (Å²) >= 11 is 0. The van der Waals surface area contributed by atoms with Gasteiger partial charge in [0.05, 0.1) is 6.54 Å². The van der Waals surface area contributed by atoms with Crippen LogP contribution in [0.5, 0.6) is 0 Å². The van der Waals surface area contributed by atoms with E-state index >= 15 is 0 Å². The summed E-state index contributed by atoms with van der Waals surface area (Å²) < 4.78 is 0. The Hall–Kier alpha value is -3.51. The van der Waals surface area contributed by atoms with Gasteiger partial charge >= 0.3 is 0 Å². The van der Waals surface area contributed by atoms with Crippen molar-refractivity contribution in [2.75, 3.05) is 6.54 Å². The molecule has 0 radical (unpaired) electrons. The molecular weight excluding hydrogens is 484 g/mol. The molecule has 206 valence electrons. The van der Waals surface area contributed by atoms with Crippen LogP contribution in [-0.2, 0) is 22.4 Å². The number of benzene rings is 1. The molecule has 6 heteroatoms. The van der Waals surface area contributed by atoms with E-state index in [1.165, 1.54) is 12.0 Å². The number of nitrogens with zero attached hydrogens (tertiary/aromatic N) is 2. The number of nitrogens with one attached hydrogen (secondary N) is 2. The van der Waals surface area contributed by atoms with Crippen LogP contribution in [0.2, 0.25) is 0 Å². The van der Waals surface area contributed by atoms with Crippen molar-refractivity contribution in [2.45, 2.75) is 83.8 Å². The van der Waals surface area contributed by atoms with E-state index in [0.29, 0.717) is 5.70 Å². The number of fused-ring (bicyclic) bond motifs is 1. The summed E-state index contributed by atoms with van der Waals surface area (Å²) in [7, 11) is 0. The molecule has 2 atom stereocenters. The first kappa shape index (κ1) is 28.5. The molecule has 2 unspecified atom stereocenters. The highest BCUT2D eigenvalue weighted by Gasteiger charge is 2.35. The first-order chi connectivity index (χ1) is 18.9. The number of amides is 2. The van der Waals surface area contributed by atoms with Gasteiger partial charge in [-0.15, -0.1) is 0 Å². The minimum absolute atomic E-state index is 0.114. The number of hydrogen-bond acceptors (Lipinski definition) is 4. The molecule has 1 heterocycles. The van der Waals surface area contributed by atoms with Gasteiger partial charge in [-0.3, -0.25) is 19.5 Å². The topological polar surface area (TPSA) is 74.3 Å². The van der Waals surface area contributed by atoms with Crippen LogP contribution in [0.3, 0.4) is 0 Å². The minimum atomic E-state index is -0.799. The van der Waals surface area contributed by atoms with Gasteiger partial charge in [-0.2, -0.15) is 0 Å². The van der Waals surface area contributed by atoms with E-state index in [1.807, 2.05) is 75.5 Å². The maximum Gasteiger partial charge on any atom is 0.248 e. The Balaban J connectivity index is 1.67. The molecule has 0 bridgehead atoms. The highest BCUT2D eigenvalue weighted by atomic mass is 16.2. The van der Waals surface area contributed by atoms with Crippen LogP contribution in [0.25, 0.3) is 0 Å². The molecule has 2 amide bonds. The lowest BCUT2D eigenvalue weighted by Crippen LogP contribution is -2.49. The third kappa shape index (κ3) is 7.33. The van der Waals surface area contributed by atoms with Crippen LogP contribution in [0.15, 0.2) is 78.7 Å². The van der Waals surface area contributed by atoms with Gasteiger partial charge in [0, 0.05) is 36.1 Å². The fourth-order valence-electron chi connectivity index (χ4n) is 5.75. The molecule has 2 aliphatic carbocycles. The van der Waals surface area contributed by atoms with Crippen molar-refractivity contribution in [3.8, 4) is 0 Å². The summed E-state index contributed by atoms with van der Waals surface area (Å²) in [4.78, 5) is 34.4. The van der Waals surface area contributed by atoms with Crippen molar-refractivity contribution in [1.29, 1.82) is 0 Å². The highest BCUT2D eigenvalue weighted by molar-refractivity contribution is 5.91. The van der Waals surface area contributed by atoms with Crippen LogP contribution in [0.4, 0.5) is 0 Å². The zero-order valence-electron chi connectivity index (χ0n) is 23.6. The molecular formula is C33H42N4O2. The number of allylic oxidation sites excluding steroid dienone is 4. The van der Waals surface area contributed by atoms with Gasteiger partial charge in [-0.25, -0.2) is 0 Å². The quantitative estimate of drug-likeness (QED) is 0.401. The summed E-state index contributed by atoms with van der Waals surface area (Å²) in [5.41, 5.74) is 5.57. The maximum absolute atomic E-state index is 14.2. The van der Waals surface area contributed by atoms with Gasteiger partial charge in [0.25, 0.3) is 0 Å². The largest absolute Gasteiger partial charge is 0.351 e. The van der Waals surface area contributed by atoms with Gasteiger partial charge in [-0.1, -0.05) is 67.8 Å². The van der Waals surface area contributed by atoms with Crippen LogP contribution in [0.1, 0.15) is 74.4 Å². The number of pyridine rings is 1. The summed E-state index contributed by atoms with van der Waals surface area (Å²) in [5, 5.41) is 6.77. The molecule has 0 spiro atoms. The van der Waals surface area contributed by atoms with Crippen molar-refractivity contribution in [1.82, 2.24) is 20.5 Å². The van der Waals surface area contributed by atoms with Gasteiger partial charge < -0.3 is 10.6 Å². The molecule has 0 aliphatic heterocycles. The SMILES string of the molecule is C=C(C)C=C(C=CC)N(C(=O)CNC1Cc2cccnc2C1)C(C(=O)NC1CCCCC1)c1ccccc1C. The Morgan fingerprint density at radius 1 is 1.10 bits per heavy atom. The number of rotatable bonds is 10. The average molecular weight is 527 g/mol. The Bertz CT molecular complexity index is 1220. The second-order valence-electron chi connectivity index (χ2n) is 10.9. The zero-order chi connectivity index (χ0) is 27.8. The Morgan fingerprint density at radius 2 is 1.87 bits per heavy atom. The number of carbonyl (C=O) groups excluding carboxylic acids is 2. The van der Waals surface area contributed by atoms with Crippen LogP contribution < -0.4 is 10.6 Å². The highest BCUT2D eigenvalue weighted by Crippen LogP contribution is 2.30. The summed E-state index contributed by atoms with van der Waals surface area (Å²) in [6, 6.07) is 11.4. The predicted molar refractivity (Wildman–Crippen MR) is 157 cm³/mol. The van der Waals surface area contributed by atoms with Crippen molar-refractivity contribution in [3.63, 3.8) is 0 Å². The molecule has 4 rings (SSSR count). The molecule has 1 aromatic carbocycles. The van der Waals surface area contributed by atoms with Gasteiger partial charge in [0.15, 0.2) is 0 Å². The lowest BCUT2D eigenvalue weighted by molar-refractivity contribution is -0.138. The molecule has 2 aliphatic rings. The number of hydrogen-bond donors (Lipinski definition) is 2. The lowest BCUT2D eigenvalue weighted by atomic mass is 9.93. The van der Waals surface area contributed by atoms with E-state index in [9.17, 15) is 9.59 Å². The van der Waals surface area contributed by atoms with Crippen LogP contribution in [0, 0.1) is 6.92 Å². The molecule has 1 fully saturated rings. The molecule has 1 aromatic heterocycles. The maximum atomic E-state index is 14.2. The third-order valence-electron chi connectivity index (χ3n) is 7.65. The lowest BCUT2D eigenvalue weighted by Gasteiger charge is -2.35. The third-order valence-corrected chi connectivity index (χ3v) is 7.65. The van der Waals surface area contributed by atoms with Gasteiger partial charge in [-0.05, 0) is 74.9 Å². The number of aromatic nitrogens is 1.